The number of alkyl halides is 3. The van der Waals surface area contributed by atoms with E-state index in [1.54, 1.807) is 12.1 Å². The summed E-state index contributed by atoms with van der Waals surface area (Å²) in [4.78, 5) is 15.8. The zero-order chi connectivity index (χ0) is 17.6. The average molecular weight is 340 g/mol. The van der Waals surface area contributed by atoms with Crippen molar-refractivity contribution in [3.05, 3.63) is 53.9 Å². The highest BCUT2D eigenvalue weighted by Crippen LogP contribution is 2.27. The van der Waals surface area contributed by atoms with Crippen LogP contribution < -0.4 is 10.1 Å². The van der Waals surface area contributed by atoms with Crippen molar-refractivity contribution in [2.75, 3.05) is 5.32 Å². The molecule has 5 nitrogen and oxygen atoms in total. The zero-order valence-electron chi connectivity index (χ0n) is 12.5. The van der Waals surface area contributed by atoms with Crippen molar-refractivity contribution in [1.29, 1.82) is 0 Å². The van der Waals surface area contributed by atoms with Crippen LogP contribution in [0.3, 0.4) is 0 Å². The van der Waals surface area contributed by atoms with Gasteiger partial charge in [0.2, 0.25) is 5.91 Å². The minimum Gasteiger partial charge on any atom is -0.406 e. The van der Waals surface area contributed by atoms with E-state index in [4.69, 9.17) is 0 Å². The molecule has 1 aromatic heterocycles. The number of para-hydroxylation sites is 1. The number of rotatable bonds is 6. The maximum absolute atomic E-state index is 12.4. The van der Waals surface area contributed by atoms with Crippen molar-refractivity contribution in [1.82, 2.24) is 4.98 Å². The highest BCUT2D eigenvalue weighted by atomic mass is 19.4. The third-order valence-electron chi connectivity index (χ3n) is 3.18. The molecule has 1 heterocycles. The Bertz CT molecular complexity index is 705. The fourth-order valence-corrected chi connectivity index (χ4v) is 2.07. The number of halogens is 3. The molecule has 0 aliphatic carbocycles. The first kappa shape index (κ1) is 17.7. The largest absolute Gasteiger partial charge is 0.573 e. The molecule has 0 unspecified atom stereocenters. The van der Waals surface area contributed by atoms with Gasteiger partial charge in [-0.25, -0.2) is 0 Å². The lowest BCUT2D eigenvalue weighted by Gasteiger charge is -2.13. The van der Waals surface area contributed by atoms with Crippen LogP contribution in [0.1, 0.15) is 17.5 Å². The van der Waals surface area contributed by atoms with Crippen molar-refractivity contribution >= 4 is 11.6 Å². The lowest BCUT2D eigenvalue weighted by Crippen LogP contribution is -2.19. The Morgan fingerprint density at radius 2 is 1.96 bits per heavy atom. The number of hydrogen-bond acceptors (Lipinski definition) is 4. The van der Waals surface area contributed by atoms with E-state index in [1.165, 1.54) is 30.6 Å². The Balaban J connectivity index is 1.99. The van der Waals surface area contributed by atoms with Crippen LogP contribution in [0.2, 0.25) is 0 Å². The number of carbonyl (C=O) groups is 1. The molecule has 24 heavy (non-hydrogen) atoms. The highest BCUT2D eigenvalue weighted by molar-refractivity contribution is 5.91. The molecule has 2 aromatic rings. The van der Waals surface area contributed by atoms with E-state index in [9.17, 15) is 23.1 Å². The van der Waals surface area contributed by atoms with Gasteiger partial charge in [-0.05, 0) is 24.1 Å². The normalized spacial score (nSPS) is 11.2. The third kappa shape index (κ3) is 5.24. The molecule has 0 fully saturated rings. The first-order valence-electron chi connectivity index (χ1n) is 7.06. The summed E-state index contributed by atoms with van der Waals surface area (Å²) in [5.74, 6) is -0.727. The Kier molecular flexibility index (Phi) is 5.75. The number of pyridine rings is 1. The fraction of sp³-hybridized carbons (Fsp3) is 0.250. The number of nitrogens with zero attached hydrogens (tertiary/aromatic N) is 1. The van der Waals surface area contributed by atoms with Crippen LogP contribution in [0.25, 0.3) is 0 Å². The van der Waals surface area contributed by atoms with Gasteiger partial charge in [-0.2, -0.15) is 0 Å². The van der Waals surface area contributed by atoms with E-state index in [2.05, 4.69) is 15.0 Å². The molecule has 0 spiro atoms. The molecule has 8 heteroatoms. The maximum Gasteiger partial charge on any atom is 0.573 e. The number of aryl methyl sites for hydroxylation is 1. The van der Waals surface area contributed by atoms with E-state index >= 15 is 0 Å². The second-order valence-corrected chi connectivity index (χ2v) is 4.89. The van der Waals surface area contributed by atoms with Crippen molar-refractivity contribution in [2.24, 2.45) is 0 Å². The van der Waals surface area contributed by atoms with Crippen molar-refractivity contribution in [3.8, 4) is 5.75 Å². The molecule has 0 saturated heterocycles. The molecule has 128 valence electrons. The average Bonchev–Trinajstić information content (AvgIpc) is 2.53. The number of nitrogens with one attached hydrogen (secondary N) is 1. The van der Waals surface area contributed by atoms with Crippen molar-refractivity contribution < 1.29 is 27.8 Å². The summed E-state index contributed by atoms with van der Waals surface area (Å²) < 4.78 is 41.0. The summed E-state index contributed by atoms with van der Waals surface area (Å²) in [7, 11) is 0. The molecule has 2 rings (SSSR count). The lowest BCUT2D eigenvalue weighted by molar-refractivity contribution is -0.274. The topological polar surface area (TPSA) is 71.5 Å². The van der Waals surface area contributed by atoms with E-state index in [1.807, 2.05) is 0 Å². The van der Waals surface area contributed by atoms with Crippen LogP contribution in [0, 0.1) is 0 Å². The van der Waals surface area contributed by atoms with Crippen LogP contribution in [-0.2, 0) is 17.8 Å². The summed E-state index contributed by atoms with van der Waals surface area (Å²) in [5, 5.41) is 11.8. The van der Waals surface area contributed by atoms with Gasteiger partial charge in [0.15, 0.2) is 0 Å². The Morgan fingerprint density at radius 3 is 2.67 bits per heavy atom. The van der Waals surface area contributed by atoms with E-state index < -0.39 is 12.3 Å². The lowest BCUT2D eigenvalue weighted by atomic mass is 10.1. The molecule has 0 aliphatic heterocycles. The second kappa shape index (κ2) is 7.78. The zero-order valence-corrected chi connectivity index (χ0v) is 12.5. The van der Waals surface area contributed by atoms with Gasteiger partial charge < -0.3 is 15.2 Å². The quantitative estimate of drug-likeness (QED) is 0.848. The number of anilines is 1. The highest BCUT2D eigenvalue weighted by Gasteiger charge is 2.31. The SMILES string of the molecule is O=C(CCc1ccccc1OC(F)(F)F)Nc1cnccc1CO. The molecular weight excluding hydrogens is 325 g/mol. The number of aliphatic hydroxyl groups excluding tert-OH is 1. The van der Waals surface area contributed by atoms with E-state index in [-0.39, 0.29) is 30.8 Å². The van der Waals surface area contributed by atoms with Gasteiger partial charge in [-0.1, -0.05) is 18.2 Å². The Labute approximate surface area is 136 Å². The first-order chi connectivity index (χ1) is 11.4. The summed E-state index contributed by atoms with van der Waals surface area (Å²) in [5.41, 5.74) is 1.14. The molecule has 0 radical (unpaired) electrons. The smallest absolute Gasteiger partial charge is 0.406 e. The number of benzene rings is 1. The molecule has 0 bridgehead atoms. The summed E-state index contributed by atoms with van der Waals surface area (Å²) in [6.07, 6.45) is -1.88. The van der Waals surface area contributed by atoms with Crippen LogP contribution in [0.4, 0.5) is 18.9 Å². The molecule has 1 aromatic carbocycles. The van der Waals surface area contributed by atoms with Gasteiger partial charge in [0, 0.05) is 18.2 Å². The molecule has 2 N–H and O–H groups in total. The predicted octanol–water partition coefficient (Wildman–Crippen LogP) is 3.04. The van der Waals surface area contributed by atoms with Gasteiger partial charge in [0.25, 0.3) is 0 Å². The van der Waals surface area contributed by atoms with Crippen molar-refractivity contribution in [3.63, 3.8) is 0 Å². The van der Waals surface area contributed by atoms with Gasteiger partial charge in [-0.3, -0.25) is 9.78 Å². The molecule has 0 aliphatic rings. The van der Waals surface area contributed by atoms with Crippen molar-refractivity contribution in [2.45, 2.75) is 25.8 Å². The van der Waals surface area contributed by atoms with Crippen LogP contribution >= 0.6 is 0 Å². The molecular formula is C16H15F3N2O3. The van der Waals surface area contributed by atoms with Crippen LogP contribution in [0.15, 0.2) is 42.7 Å². The minimum atomic E-state index is -4.79. The van der Waals surface area contributed by atoms with Crippen LogP contribution in [0.5, 0.6) is 5.75 Å². The molecule has 0 saturated carbocycles. The van der Waals surface area contributed by atoms with E-state index in [0.717, 1.165) is 0 Å². The number of carbonyl (C=O) groups excluding carboxylic acids is 1. The minimum absolute atomic E-state index is 0.0437. The Hall–Kier alpha value is -2.61. The standard InChI is InChI=1S/C16H15F3N2O3/c17-16(18,19)24-14-4-2-1-3-11(14)5-6-15(23)21-13-9-20-8-7-12(13)10-22/h1-4,7-9,22H,5-6,10H2,(H,21,23). The monoisotopic (exact) mass is 340 g/mol. The fourth-order valence-electron chi connectivity index (χ4n) is 2.07. The van der Waals surface area contributed by atoms with Gasteiger partial charge in [0.1, 0.15) is 5.75 Å². The van der Waals surface area contributed by atoms with Gasteiger partial charge >= 0.3 is 6.36 Å². The molecule has 0 atom stereocenters. The Morgan fingerprint density at radius 1 is 1.21 bits per heavy atom. The summed E-state index contributed by atoms with van der Waals surface area (Å²) in [6, 6.07) is 7.22. The third-order valence-corrected chi connectivity index (χ3v) is 3.18. The number of amides is 1. The second-order valence-electron chi connectivity index (χ2n) is 4.89. The number of aliphatic hydroxyl groups is 1. The van der Waals surface area contributed by atoms with Gasteiger partial charge in [-0.15, -0.1) is 13.2 Å². The number of aromatic nitrogens is 1. The summed E-state index contributed by atoms with van der Waals surface area (Å²) >= 11 is 0. The molecule has 1 amide bonds. The van der Waals surface area contributed by atoms with E-state index in [0.29, 0.717) is 11.3 Å². The van der Waals surface area contributed by atoms with Crippen LogP contribution in [-0.4, -0.2) is 22.4 Å². The number of hydrogen-bond donors (Lipinski definition) is 2. The maximum atomic E-state index is 12.4. The number of ether oxygens (including phenoxy) is 1. The predicted molar refractivity (Wildman–Crippen MR) is 80.2 cm³/mol. The van der Waals surface area contributed by atoms with Gasteiger partial charge in [0.05, 0.1) is 18.5 Å². The summed E-state index contributed by atoms with van der Waals surface area (Å²) in [6.45, 7) is -0.264. The first-order valence-corrected chi connectivity index (χ1v) is 7.06.